The molecule has 0 radical (unpaired) electrons. The van der Waals surface area contributed by atoms with Crippen LogP contribution < -0.4 is 10.1 Å². The Morgan fingerprint density at radius 3 is 2.95 bits per heavy atom. The summed E-state index contributed by atoms with van der Waals surface area (Å²) in [5.74, 6) is -0.0920. The third-order valence-electron chi connectivity index (χ3n) is 3.15. The van der Waals surface area contributed by atoms with Gasteiger partial charge in [0, 0.05) is 17.6 Å². The highest BCUT2D eigenvalue weighted by molar-refractivity contribution is 5.81. The van der Waals surface area contributed by atoms with Crippen LogP contribution in [0.2, 0.25) is 0 Å². The number of hydrogen-bond acceptors (Lipinski definition) is 3. The lowest BCUT2D eigenvalue weighted by Crippen LogP contribution is -2.00. The second-order valence-corrected chi connectivity index (χ2v) is 4.49. The van der Waals surface area contributed by atoms with Crippen molar-refractivity contribution in [1.82, 2.24) is 10.2 Å². The van der Waals surface area contributed by atoms with Gasteiger partial charge in [0.1, 0.15) is 0 Å². The highest BCUT2D eigenvalue weighted by Crippen LogP contribution is 2.20. The topological polar surface area (TPSA) is 49.9 Å². The van der Waals surface area contributed by atoms with Gasteiger partial charge in [-0.05, 0) is 35.9 Å². The minimum absolute atomic E-state index is 0.258. The van der Waals surface area contributed by atoms with Crippen LogP contribution in [0.4, 0.5) is 10.1 Å². The van der Waals surface area contributed by atoms with Crippen LogP contribution in [-0.2, 0) is 6.54 Å². The predicted octanol–water partition coefficient (Wildman–Crippen LogP) is 3.32. The smallest absolute Gasteiger partial charge is 0.165 e. The maximum Gasteiger partial charge on any atom is 0.165 e. The number of rotatable bonds is 4. The Morgan fingerprint density at radius 2 is 2.15 bits per heavy atom. The molecule has 2 aromatic carbocycles. The lowest BCUT2D eigenvalue weighted by Gasteiger charge is -2.08. The molecule has 0 amide bonds. The number of aromatic amines is 1. The Hall–Kier alpha value is -2.56. The van der Waals surface area contributed by atoms with Crippen molar-refractivity contribution in [2.24, 2.45) is 0 Å². The number of aromatic nitrogens is 2. The summed E-state index contributed by atoms with van der Waals surface area (Å²) in [6.07, 6.45) is 1.77. The Bertz CT molecular complexity index is 739. The van der Waals surface area contributed by atoms with Gasteiger partial charge < -0.3 is 10.1 Å². The maximum atomic E-state index is 13.6. The van der Waals surface area contributed by atoms with E-state index in [1.165, 1.54) is 13.2 Å². The molecule has 0 saturated carbocycles. The van der Waals surface area contributed by atoms with Crippen molar-refractivity contribution in [3.05, 3.63) is 54.0 Å². The van der Waals surface area contributed by atoms with E-state index in [4.69, 9.17) is 4.74 Å². The van der Waals surface area contributed by atoms with Crippen LogP contribution >= 0.6 is 0 Å². The first-order chi connectivity index (χ1) is 9.76. The lowest BCUT2D eigenvalue weighted by molar-refractivity contribution is 0.386. The molecule has 0 unspecified atom stereocenters. The second kappa shape index (κ2) is 5.21. The molecule has 0 bridgehead atoms. The fourth-order valence-electron chi connectivity index (χ4n) is 2.08. The maximum absolute atomic E-state index is 13.6. The third kappa shape index (κ3) is 2.42. The van der Waals surface area contributed by atoms with E-state index in [0.717, 1.165) is 22.2 Å². The summed E-state index contributed by atoms with van der Waals surface area (Å²) in [5.41, 5.74) is 2.82. The average Bonchev–Trinajstić information content (AvgIpc) is 2.92. The zero-order valence-corrected chi connectivity index (χ0v) is 11.0. The van der Waals surface area contributed by atoms with Gasteiger partial charge in [0.2, 0.25) is 0 Å². The van der Waals surface area contributed by atoms with E-state index >= 15 is 0 Å². The molecule has 20 heavy (non-hydrogen) atoms. The van der Waals surface area contributed by atoms with Gasteiger partial charge in [0.05, 0.1) is 18.8 Å². The molecular weight excluding hydrogens is 257 g/mol. The van der Waals surface area contributed by atoms with Gasteiger partial charge in [0.15, 0.2) is 11.6 Å². The molecular formula is C15H14FN3O. The van der Waals surface area contributed by atoms with Crippen LogP contribution in [0.1, 0.15) is 5.56 Å². The van der Waals surface area contributed by atoms with E-state index in [0.29, 0.717) is 6.54 Å². The number of benzene rings is 2. The number of hydrogen-bond donors (Lipinski definition) is 2. The van der Waals surface area contributed by atoms with E-state index in [9.17, 15) is 4.39 Å². The molecule has 0 fully saturated rings. The summed E-state index contributed by atoms with van der Waals surface area (Å²) in [5, 5.41) is 11.2. The first-order valence-electron chi connectivity index (χ1n) is 6.26. The van der Waals surface area contributed by atoms with Crippen molar-refractivity contribution >= 4 is 16.6 Å². The standard InChI is InChI=1S/C15H14FN3O/c1-20-15-5-2-10(6-13(15)16)8-17-12-3-4-14-11(7-12)9-18-19-14/h2-7,9,17H,8H2,1H3,(H,18,19). The van der Waals surface area contributed by atoms with Crippen LogP contribution in [0.25, 0.3) is 10.9 Å². The van der Waals surface area contributed by atoms with Crippen molar-refractivity contribution in [2.45, 2.75) is 6.54 Å². The first kappa shape index (κ1) is 12.5. The Kier molecular flexibility index (Phi) is 3.25. The van der Waals surface area contributed by atoms with Crippen LogP contribution in [0.15, 0.2) is 42.6 Å². The Labute approximate surface area is 115 Å². The molecule has 0 aliphatic heterocycles. The van der Waals surface area contributed by atoms with Gasteiger partial charge in [0.25, 0.3) is 0 Å². The highest BCUT2D eigenvalue weighted by atomic mass is 19.1. The van der Waals surface area contributed by atoms with E-state index in [-0.39, 0.29) is 11.6 Å². The van der Waals surface area contributed by atoms with Gasteiger partial charge in [-0.1, -0.05) is 6.07 Å². The van der Waals surface area contributed by atoms with Crippen LogP contribution in [-0.4, -0.2) is 17.3 Å². The summed E-state index contributed by atoms with van der Waals surface area (Å²) < 4.78 is 18.5. The van der Waals surface area contributed by atoms with E-state index < -0.39 is 0 Å². The molecule has 2 N–H and O–H groups in total. The Balaban J connectivity index is 1.73. The number of nitrogens with one attached hydrogen (secondary N) is 2. The number of nitrogens with zero attached hydrogens (tertiary/aromatic N) is 1. The summed E-state index contributed by atoms with van der Waals surface area (Å²) in [6.45, 7) is 0.546. The highest BCUT2D eigenvalue weighted by Gasteiger charge is 2.03. The van der Waals surface area contributed by atoms with Crippen molar-refractivity contribution in [2.75, 3.05) is 12.4 Å². The van der Waals surface area contributed by atoms with Gasteiger partial charge >= 0.3 is 0 Å². The van der Waals surface area contributed by atoms with Gasteiger partial charge in [-0.15, -0.1) is 0 Å². The Morgan fingerprint density at radius 1 is 1.25 bits per heavy atom. The molecule has 1 heterocycles. The second-order valence-electron chi connectivity index (χ2n) is 4.49. The van der Waals surface area contributed by atoms with Crippen molar-refractivity contribution in [3.63, 3.8) is 0 Å². The van der Waals surface area contributed by atoms with Gasteiger partial charge in [-0.25, -0.2) is 4.39 Å². The largest absolute Gasteiger partial charge is 0.494 e. The minimum atomic E-state index is -0.350. The number of ether oxygens (including phenoxy) is 1. The zero-order chi connectivity index (χ0) is 13.9. The summed E-state index contributed by atoms with van der Waals surface area (Å²) >= 11 is 0. The normalized spacial score (nSPS) is 10.7. The summed E-state index contributed by atoms with van der Waals surface area (Å²) in [4.78, 5) is 0. The first-order valence-corrected chi connectivity index (χ1v) is 6.26. The zero-order valence-electron chi connectivity index (χ0n) is 11.0. The van der Waals surface area contributed by atoms with E-state index in [2.05, 4.69) is 15.5 Å². The summed E-state index contributed by atoms with van der Waals surface area (Å²) in [7, 11) is 1.45. The SMILES string of the molecule is COc1ccc(CNc2ccc3[nH]ncc3c2)cc1F. The fraction of sp³-hybridized carbons (Fsp3) is 0.133. The van der Waals surface area contributed by atoms with Crippen LogP contribution in [0.5, 0.6) is 5.75 Å². The number of H-pyrrole nitrogens is 1. The van der Waals surface area contributed by atoms with Crippen molar-refractivity contribution in [1.29, 1.82) is 0 Å². The molecule has 0 spiro atoms. The van der Waals surface area contributed by atoms with Crippen molar-refractivity contribution < 1.29 is 9.13 Å². The molecule has 5 heteroatoms. The average molecular weight is 271 g/mol. The number of anilines is 1. The number of fused-ring (bicyclic) bond motifs is 1. The van der Waals surface area contributed by atoms with Gasteiger partial charge in [-0.3, -0.25) is 5.10 Å². The monoisotopic (exact) mass is 271 g/mol. The van der Waals surface area contributed by atoms with E-state index in [1.807, 2.05) is 24.3 Å². The summed E-state index contributed by atoms with van der Waals surface area (Å²) in [6, 6.07) is 10.9. The minimum Gasteiger partial charge on any atom is -0.494 e. The lowest BCUT2D eigenvalue weighted by atomic mass is 10.2. The quantitative estimate of drug-likeness (QED) is 0.765. The molecule has 0 aliphatic carbocycles. The molecule has 0 aliphatic rings. The third-order valence-corrected chi connectivity index (χ3v) is 3.15. The molecule has 102 valence electrons. The molecule has 0 atom stereocenters. The molecule has 3 rings (SSSR count). The number of methoxy groups -OCH3 is 1. The molecule has 3 aromatic rings. The molecule has 1 aromatic heterocycles. The molecule has 0 saturated heterocycles. The number of halogens is 1. The van der Waals surface area contributed by atoms with Crippen molar-refractivity contribution in [3.8, 4) is 5.75 Å². The van der Waals surface area contributed by atoms with E-state index in [1.54, 1.807) is 12.3 Å². The molecule has 4 nitrogen and oxygen atoms in total. The van der Waals surface area contributed by atoms with Crippen LogP contribution in [0.3, 0.4) is 0 Å². The fourth-order valence-corrected chi connectivity index (χ4v) is 2.08. The predicted molar refractivity (Wildman–Crippen MR) is 76.4 cm³/mol. The van der Waals surface area contributed by atoms with Gasteiger partial charge in [-0.2, -0.15) is 5.10 Å². The van der Waals surface area contributed by atoms with Crippen LogP contribution in [0, 0.1) is 5.82 Å².